The Labute approximate surface area is 161 Å². The van der Waals surface area contributed by atoms with Gasteiger partial charge in [0.25, 0.3) is 0 Å². The van der Waals surface area contributed by atoms with Crippen molar-refractivity contribution in [3.63, 3.8) is 0 Å². The van der Waals surface area contributed by atoms with E-state index in [1.165, 1.54) is 26.6 Å². The smallest absolute Gasteiger partial charge is 0.146 e. The number of carbonyl (C=O) groups excluding carboxylic acids is 1. The van der Waals surface area contributed by atoms with E-state index in [-0.39, 0.29) is 11.8 Å². The van der Waals surface area contributed by atoms with E-state index in [2.05, 4.69) is 66.1 Å². The van der Waals surface area contributed by atoms with Crippen LogP contribution in [0.3, 0.4) is 0 Å². The van der Waals surface area contributed by atoms with E-state index in [1.807, 2.05) is 18.7 Å². The Balaban J connectivity index is 1.75. The third-order valence-corrected chi connectivity index (χ3v) is 6.45. The minimum Gasteiger partial charge on any atom is -0.368 e. The van der Waals surface area contributed by atoms with Gasteiger partial charge in [0.1, 0.15) is 5.78 Å². The summed E-state index contributed by atoms with van der Waals surface area (Å²) in [6.45, 7) is 11.8. The zero-order valence-corrected chi connectivity index (χ0v) is 17.0. The maximum absolute atomic E-state index is 11.6. The predicted octanol–water partition coefficient (Wildman–Crippen LogP) is 4.55. The lowest BCUT2D eigenvalue weighted by atomic mass is 10.1. The van der Waals surface area contributed by atoms with Gasteiger partial charge in [0.15, 0.2) is 0 Å². The zero-order chi connectivity index (χ0) is 18.7. The molecule has 138 valence electrons. The van der Waals surface area contributed by atoms with Crippen LogP contribution in [0.1, 0.15) is 25.0 Å². The molecule has 4 heteroatoms. The standard InChI is InChI=1S/C22H28N2OS/c1-16-9-10-21(17(2)15-16)26-22-8-6-5-7-20(22)24-13-11-23(12-14-24)18(3)19(4)25/h5-10,15,18H,11-14H2,1-4H3. The molecule has 26 heavy (non-hydrogen) atoms. The number of rotatable bonds is 5. The number of nitrogens with zero attached hydrogens (tertiary/aromatic N) is 2. The maximum atomic E-state index is 11.6. The van der Waals surface area contributed by atoms with Crippen molar-refractivity contribution < 1.29 is 4.79 Å². The topological polar surface area (TPSA) is 23.6 Å². The average Bonchev–Trinajstić information content (AvgIpc) is 2.64. The Morgan fingerprint density at radius 3 is 2.35 bits per heavy atom. The molecule has 1 fully saturated rings. The molecule has 2 aromatic rings. The van der Waals surface area contributed by atoms with Gasteiger partial charge in [0, 0.05) is 36.0 Å². The molecule has 0 bridgehead atoms. The van der Waals surface area contributed by atoms with Gasteiger partial charge in [-0.05, 0) is 51.5 Å². The van der Waals surface area contributed by atoms with E-state index in [0.29, 0.717) is 0 Å². The van der Waals surface area contributed by atoms with Crippen molar-refractivity contribution in [2.45, 2.75) is 43.5 Å². The highest BCUT2D eigenvalue weighted by Crippen LogP contribution is 2.37. The van der Waals surface area contributed by atoms with Crippen LogP contribution in [0.15, 0.2) is 52.3 Å². The number of hydrogen-bond acceptors (Lipinski definition) is 4. The van der Waals surface area contributed by atoms with Crippen LogP contribution in [-0.4, -0.2) is 42.9 Å². The molecule has 0 N–H and O–H groups in total. The van der Waals surface area contributed by atoms with Gasteiger partial charge < -0.3 is 4.90 Å². The largest absolute Gasteiger partial charge is 0.368 e. The quantitative estimate of drug-likeness (QED) is 0.772. The van der Waals surface area contributed by atoms with Crippen LogP contribution in [0.2, 0.25) is 0 Å². The molecule has 2 aromatic carbocycles. The summed E-state index contributed by atoms with van der Waals surface area (Å²) >= 11 is 1.85. The Hall–Kier alpha value is -1.78. The molecule has 3 rings (SSSR count). The molecule has 0 spiro atoms. The Bertz CT molecular complexity index is 781. The van der Waals surface area contributed by atoms with Crippen molar-refractivity contribution in [3.05, 3.63) is 53.6 Å². The summed E-state index contributed by atoms with van der Waals surface area (Å²) in [6, 6.07) is 15.3. The van der Waals surface area contributed by atoms with E-state index in [9.17, 15) is 4.79 Å². The summed E-state index contributed by atoms with van der Waals surface area (Å²) in [7, 11) is 0. The summed E-state index contributed by atoms with van der Waals surface area (Å²) in [5, 5.41) is 0. The lowest BCUT2D eigenvalue weighted by molar-refractivity contribution is -0.121. The first-order valence-electron chi connectivity index (χ1n) is 9.29. The molecule has 0 aromatic heterocycles. The Kier molecular flexibility index (Phi) is 6.05. The molecule has 1 heterocycles. The van der Waals surface area contributed by atoms with E-state index in [0.717, 1.165) is 26.2 Å². The van der Waals surface area contributed by atoms with Gasteiger partial charge in [-0.3, -0.25) is 9.69 Å². The molecular formula is C22H28N2OS. The highest BCUT2D eigenvalue weighted by atomic mass is 32.2. The molecule has 0 amide bonds. The summed E-state index contributed by atoms with van der Waals surface area (Å²) in [5.41, 5.74) is 3.92. The third-order valence-electron chi connectivity index (χ3n) is 5.21. The van der Waals surface area contributed by atoms with Crippen LogP contribution >= 0.6 is 11.8 Å². The van der Waals surface area contributed by atoms with Gasteiger partial charge in [-0.15, -0.1) is 0 Å². The van der Waals surface area contributed by atoms with Gasteiger partial charge in [0.2, 0.25) is 0 Å². The average molecular weight is 369 g/mol. The fraction of sp³-hybridized carbons (Fsp3) is 0.409. The molecule has 1 saturated heterocycles. The molecule has 3 nitrogen and oxygen atoms in total. The van der Waals surface area contributed by atoms with Crippen LogP contribution in [0.5, 0.6) is 0 Å². The molecule has 1 aliphatic rings. The fourth-order valence-corrected chi connectivity index (χ4v) is 4.49. The number of aryl methyl sites for hydroxylation is 2. The van der Waals surface area contributed by atoms with Crippen molar-refractivity contribution in [2.24, 2.45) is 0 Å². The molecule has 0 saturated carbocycles. The zero-order valence-electron chi connectivity index (χ0n) is 16.2. The second kappa shape index (κ2) is 8.28. The predicted molar refractivity (Wildman–Crippen MR) is 110 cm³/mol. The first-order valence-corrected chi connectivity index (χ1v) is 10.1. The molecule has 0 radical (unpaired) electrons. The summed E-state index contributed by atoms with van der Waals surface area (Å²) < 4.78 is 0. The van der Waals surface area contributed by atoms with Crippen molar-refractivity contribution in [1.29, 1.82) is 0 Å². The van der Waals surface area contributed by atoms with Gasteiger partial charge >= 0.3 is 0 Å². The van der Waals surface area contributed by atoms with E-state index in [1.54, 1.807) is 6.92 Å². The molecule has 1 unspecified atom stereocenters. The van der Waals surface area contributed by atoms with Crippen molar-refractivity contribution >= 4 is 23.2 Å². The number of para-hydroxylation sites is 1. The number of anilines is 1. The SMILES string of the molecule is CC(=O)C(C)N1CCN(c2ccccc2Sc2ccc(C)cc2C)CC1. The van der Waals surface area contributed by atoms with Crippen LogP contribution in [-0.2, 0) is 4.79 Å². The maximum Gasteiger partial charge on any atom is 0.146 e. The fourth-order valence-electron chi connectivity index (χ4n) is 3.44. The van der Waals surface area contributed by atoms with E-state index in [4.69, 9.17) is 0 Å². The lowest BCUT2D eigenvalue weighted by Crippen LogP contribution is -2.51. The van der Waals surface area contributed by atoms with Crippen LogP contribution in [0.4, 0.5) is 5.69 Å². The second-order valence-corrected chi connectivity index (χ2v) is 8.23. The third kappa shape index (κ3) is 4.30. The number of ketones is 1. The van der Waals surface area contributed by atoms with Gasteiger partial charge in [-0.1, -0.05) is 41.6 Å². The van der Waals surface area contributed by atoms with Gasteiger partial charge in [-0.25, -0.2) is 0 Å². The highest BCUT2D eigenvalue weighted by Gasteiger charge is 2.24. The van der Waals surface area contributed by atoms with Crippen LogP contribution in [0, 0.1) is 13.8 Å². The monoisotopic (exact) mass is 368 g/mol. The van der Waals surface area contributed by atoms with Crippen LogP contribution in [0.25, 0.3) is 0 Å². The summed E-state index contributed by atoms with van der Waals surface area (Å²) in [5.74, 6) is 0.254. The number of carbonyl (C=O) groups is 1. The first-order chi connectivity index (χ1) is 12.5. The van der Waals surface area contributed by atoms with Crippen molar-refractivity contribution in [2.75, 3.05) is 31.1 Å². The molecule has 1 aliphatic heterocycles. The second-order valence-electron chi connectivity index (χ2n) is 7.15. The molecule has 1 atom stereocenters. The van der Waals surface area contributed by atoms with E-state index < -0.39 is 0 Å². The normalized spacial score (nSPS) is 16.5. The molecule has 0 aliphatic carbocycles. The minimum absolute atomic E-state index is 0.0250. The number of benzene rings is 2. The number of hydrogen-bond donors (Lipinski definition) is 0. The van der Waals surface area contributed by atoms with Gasteiger partial charge in [-0.2, -0.15) is 0 Å². The Morgan fingerprint density at radius 1 is 1.00 bits per heavy atom. The van der Waals surface area contributed by atoms with Crippen molar-refractivity contribution in [1.82, 2.24) is 4.90 Å². The summed E-state index contributed by atoms with van der Waals surface area (Å²) in [6.07, 6.45) is 0. The lowest BCUT2D eigenvalue weighted by Gasteiger charge is -2.39. The summed E-state index contributed by atoms with van der Waals surface area (Å²) in [4.78, 5) is 19.0. The minimum atomic E-state index is 0.0250. The van der Waals surface area contributed by atoms with Gasteiger partial charge in [0.05, 0.1) is 11.7 Å². The first kappa shape index (κ1) is 19.0. The number of Topliss-reactive ketones (excluding diaryl/α,β-unsaturated/α-hetero) is 1. The highest BCUT2D eigenvalue weighted by molar-refractivity contribution is 7.99. The van der Waals surface area contributed by atoms with Crippen LogP contribution < -0.4 is 4.90 Å². The molecular weight excluding hydrogens is 340 g/mol. The van der Waals surface area contributed by atoms with E-state index >= 15 is 0 Å². The van der Waals surface area contributed by atoms with Crippen molar-refractivity contribution in [3.8, 4) is 0 Å². The Morgan fingerprint density at radius 2 is 1.69 bits per heavy atom. The number of piperazine rings is 1.